The highest BCUT2D eigenvalue weighted by molar-refractivity contribution is 6.38. The number of carbonyl (C=O) groups excluding carboxylic acids is 2. The number of carbonyl (C=O) groups is 2. The maximum absolute atomic E-state index is 12.1. The predicted octanol–water partition coefficient (Wildman–Crippen LogP) is 3.48. The van der Waals surface area contributed by atoms with Crippen LogP contribution in [0.3, 0.4) is 0 Å². The lowest BCUT2D eigenvalue weighted by Crippen LogP contribution is -2.32. The van der Waals surface area contributed by atoms with Gasteiger partial charge in [0.15, 0.2) is 6.61 Å². The number of aromatic amines is 1. The van der Waals surface area contributed by atoms with E-state index >= 15 is 0 Å². The molecule has 0 saturated carbocycles. The molecule has 7 heteroatoms. The zero-order chi connectivity index (χ0) is 19.2. The molecule has 0 aliphatic heterocycles. The van der Waals surface area contributed by atoms with Gasteiger partial charge in [0.2, 0.25) is 0 Å². The van der Waals surface area contributed by atoms with E-state index in [0.29, 0.717) is 13.2 Å². The third-order valence-corrected chi connectivity index (χ3v) is 4.26. The molecule has 1 heterocycles. The molecule has 1 amide bonds. The molecule has 0 atom stereocenters. The molecule has 0 aliphatic carbocycles. The summed E-state index contributed by atoms with van der Waals surface area (Å²) in [6.07, 6.45) is 0. The van der Waals surface area contributed by atoms with Crippen molar-refractivity contribution in [2.45, 2.75) is 6.92 Å². The van der Waals surface area contributed by atoms with Crippen LogP contribution in [0.2, 0.25) is 5.02 Å². The standard InChI is InChI=1S/C20H19ClN2O4/c1-13-5-4-6-14(11-13)26-10-9-22-17(24)12-27-20(25)19-18(21)15-7-2-3-8-16(15)23-19/h2-8,11,23H,9-10,12H2,1H3,(H,22,24). The highest BCUT2D eigenvalue weighted by atomic mass is 35.5. The fourth-order valence-corrected chi connectivity index (χ4v) is 2.86. The SMILES string of the molecule is Cc1cccc(OCCNC(=O)COC(=O)c2[nH]c3ccccc3c2Cl)c1. The van der Waals surface area contributed by atoms with E-state index in [1.165, 1.54) is 0 Å². The second-order valence-corrected chi connectivity index (χ2v) is 6.33. The fourth-order valence-electron chi connectivity index (χ4n) is 2.57. The number of hydrogen-bond donors (Lipinski definition) is 2. The van der Waals surface area contributed by atoms with Gasteiger partial charge >= 0.3 is 5.97 Å². The number of benzene rings is 2. The number of H-pyrrole nitrogens is 1. The average Bonchev–Trinajstić information content (AvgIpc) is 3.00. The van der Waals surface area contributed by atoms with Crippen molar-refractivity contribution in [3.63, 3.8) is 0 Å². The molecule has 0 spiro atoms. The van der Waals surface area contributed by atoms with E-state index < -0.39 is 18.5 Å². The normalized spacial score (nSPS) is 10.6. The van der Waals surface area contributed by atoms with Gasteiger partial charge in [-0.05, 0) is 30.7 Å². The van der Waals surface area contributed by atoms with Gasteiger partial charge in [-0.15, -0.1) is 0 Å². The van der Waals surface area contributed by atoms with Gasteiger partial charge in [0.25, 0.3) is 5.91 Å². The second-order valence-electron chi connectivity index (χ2n) is 5.95. The topological polar surface area (TPSA) is 80.4 Å². The Labute approximate surface area is 161 Å². The van der Waals surface area contributed by atoms with Crippen LogP contribution >= 0.6 is 11.6 Å². The van der Waals surface area contributed by atoms with E-state index in [2.05, 4.69) is 10.3 Å². The lowest BCUT2D eigenvalue weighted by atomic mass is 10.2. The van der Waals surface area contributed by atoms with Crippen molar-refractivity contribution in [1.82, 2.24) is 10.3 Å². The summed E-state index contributed by atoms with van der Waals surface area (Å²) in [7, 11) is 0. The number of halogens is 1. The largest absolute Gasteiger partial charge is 0.492 e. The summed E-state index contributed by atoms with van der Waals surface area (Å²) in [6.45, 7) is 2.20. The van der Waals surface area contributed by atoms with Crippen LogP contribution in [0.5, 0.6) is 5.75 Å². The molecule has 27 heavy (non-hydrogen) atoms. The molecule has 3 aromatic rings. The number of rotatable bonds is 7. The van der Waals surface area contributed by atoms with Crippen molar-refractivity contribution in [2.24, 2.45) is 0 Å². The van der Waals surface area contributed by atoms with Crippen molar-refractivity contribution in [3.05, 3.63) is 64.8 Å². The lowest BCUT2D eigenvalue weighted by Gasteiger charge is -2.08. The van der Waals surface area contributed by atoms with E-state index in [0.717, 1.165) is 22.2 Å². The van der Waals surface area contributed by atoms with Gasteiger partial charge in [-0.3, -0.25) is 4.79 Å². The number of aromatic nitrogens is 1. The number of amides is 1. The minimum atomic E-state index is -0.678. The Balaban J connectivity index is 1.43. The summed E-state index contributed by atoms with van der Waals surface area (Å²) in [5.74, 6) is -0.352. The molecule has 0 radical (unpaired) electrons. The Kier molecular flexibility index (Phi) is 5.98. The first-order valence-electron chi connectivity index (χ1n) is 8.44. The molecule has 6 nitrogen and oxygen atoms in total. The molecule has 3 rings (SSSR count). The Bertz CT molecular complexity index is 968. The monoisotopic (exact) mass is 386 g/mol. The number of esters is 1. The van der Waals surface area contributed by atoms with Crippen LogP contribution in [-0.2, 0) is 9.53 Å². The van der Waals surface area contributed by atoms with E-state index in [4.69, 9.17) is 21.1 Å². The first kappa shape index (κ1) is 18.8. The maximum Gasteiger partial charge on any atom is 0.356 e. The van der Waals surface area contributed by atoms with Crippen LogP contribution in [0.25, 0.3) is 10.9 Å². The third-order valence-electron chi connectivity index (χ3n) is 3.86. The van der Waals surface area contributed by atoms with Crippen LogP contribution in [0, 0.1) is 6.92 Å². The molecule has 0 fully saturated rings. The summed E-state index contributed by atoms with van der Waals surface area (Å²) in [6, 6.07) is 14.9. The summed E-state index contributed by atoms with van der Waals surface area (Å²) < 4.78 is 10.6. The van der Waals surface area contributed by atoms with Crippen molar-refractivity contribution < 1.29 is 19.1 Å². The van der Waals surface area contributed by atoms with E-state index in [9.17, 15) is 9.59 Å². The van der Waals surface area contributed by atoms with E-state index in [1.807, 2.05) is 43.3 Å². The van der Waals surface area contributed by atoms with Crippen LogP contribution in [0.1, 0.15) is 16.1 Å². The molecule has 2 N–H and O–H groups in total. The van der Waals surface area contributed by atoms with Gasteiger partial charge in [0.05, 0.1) is 11.6 Å². The average molecular weight is 387 g/mol. The molecular weight excluding hydrogens is 368 g/mol. The minimum absolute atomic E-state index is 0.133. The molecule has 1 aromatic heterocycles. The summed E-state index contributed by atoms with van der Waals surface area (Å²) in [5, 5.41) is 3.64. The van der Waals surface area contributed by atoms with E-state index in [-0.39, 0.29) is 10.7 Å². The molecule has 2 aromatic carbocycles. The van der Waals surface area contributed by atoms with Crippen LogP contribution in [0.4, 0.5) is 0 Å². The highest BCUT2D eigenvalue weighted by Crippen LogP contribution is 2.27. The van der Waals surface area contributed by atoms with Crippen molar-refractivity contribution in [3.8, 4) is 5.75 Å². The quantitative estimate of drug-likeness (QED) is 0.481. The number of para-hydroxylation sites is 1. The predicted molar refractivity (Wildman–Crippen MR) is 103 cm³/mol. The van der Waals surface area contributed by atoms with Crippen LogP contribution < -0.4 is 10.1 Å². The molecule has 0 bridgehead atoms. The van der Waals surface area contributed by atoms with E-state index in [1.54, 1.807) is 12.1 Å². The minimum Gasteiger partial charge on any atom is -0.492 e. The molecule has 0 unspecified atom stereocenters. The van der Waals surface area contributed by atoms with Crippen molar-refractivity contribution in [1.29, 1.82) is 0 Å². The smallest absolute Gasteiger partial charge is 0.356 e. The first-order chi connectivity index (χ1) is 13.0. The van der Waals surface area contributed by atoms with Crippen molar-refractivity contribution >= 4 is 34.4 Å². The molecular formula is C20H19ClN2O4. The highest BCUT2D eigenvalue weighted by Gasteiger charge is 2.18. The number of nitrogens with one attached hydrogen (secondary N) is 2. The second kappa shape index (κ2) is 8.60. The third kappa shape index (κ3) is 4.80. The van der Waals surface area contributed by atoms with Gasteiger partial charge in [0.1, 0.15) is 18.1 Å². The Morgan fingerprint density at radius 2 is 1.96 bits per heavy atom. The maximum atomic E-state index is 12.1. The van der Waals surface area contributed by atoms with Gasteiger partial charge in [-0.1, -0.05) is 41.9 Å². The zero-order valence-corrected chi connectivity index (χ0v) is 15.5. The number of fused-ring (bicyclic) bond motifs is 1. The van der Waals surface area contributed by atoms with Gasteiger partial charge in [-0.2, -0.15) is 0 Å². The Morgan fingerprint density at radius 3 is 2.74 bits per heavy atom. The summed E-state index contributed by atoms with van der Waals surface area (Å²) >= 11 is 6.19. The van der Waals surface area contributed by atoms with Gasteiger partial charge in [-0.25, -0.2) is 4.79 Å². The van der Waals surface area contributed by atoms with Gasteiger partial charge < -0.3 is 19.8 Å². The van der Waals surface area contributed by atoms with Crippen LogP contribution in [-0.4, -0.2) is 36.6 Å². The lowest BCUT2D eigenvalue weighted by molar-refractivity contribution is -0.124. The number of ether oxygens (including phenoxy) is 2. The summed E-state index contributed by atoms with van der Waals surface area (Å²) in [4.78, 5) is 26.9. The molecule has 0 aliphatic rings. The number of hydrogen-bond acceptors (Lipinski definition) is 4. The number of aryl methyl sites for hydroxylation is 1. The first-order valence-corrected chi connectivity index (χ1v) is 8.82. The molecule has 140 valence electrons. The van der Waals surface area contributed by atoms with Crippen molar-refractivity contribution in [2.75, 3.05) is 19.8 Å². The fraction of sp³-hybridized carbons (Fsp3) is 0.200. The Morgan fingerprint density at radius 1 is 1.15 bits per heavy atom. The van der Waals surface area contributed by atoms with Crippen LogP contribution in [0.15, 0.2) is 48.5 Å². The zero-order valence-electron chi connectivity index (χ0n) is 14.8. The summed E-state index contributed by atoms with van der Waals surface area (Å²) in [5.41, 5.74) is 1.96. The Hall–Kier alpha value is -2.99. The van der Waals surface area contributed by atoms with Gasteiger partial charge in [0, 0.05) is 10.9 Å². The molecule has 0 saturated heterocycles.